The number of hydrogen-bond acceptors (Lipinski definition) is 3. The molecule has 1 unspecified atom stereocenters. The molecule has 0 bridgehead atoms. The summed E-state index contributed by atoms with van der Waals surface area (Å²) in [4.78, 5) is 17.3. The van der Waals surface area contributed by atoms with Gasteiger partial charge in [-0.15, -0.1) is 0 Å². The second-order valence-electron chi connectivity index (χ2n) is 9.34. The van der Waals surface area contributed by atoms with Crippen molar-refractivity contribution in [2.24, 2.45) is 14.1 Å². The van der Waals surface area contributed by atoms with Gasteiger partial charge in [-0.3, -0.25) is 4.79 Å². The topological polar surface area (TPSA) is 49.1 Å². The monoisotopic (exact) mass is 497 g/mol. The van der Waals surface area contributed by atoms with Crippen LogP contribution in [-0.4, -0.2) is 20.2 Å². The van der Waals surface area contributed by atoms with E-state index in [0.717, 1.165) is 44.6 Å². The molecule has 0 saturated heterocycles. The van der Waals surface area contributed by atoms with Crippen molar-refractivity contribution in [3.63, 3.8) is 0 Å². The molecule has 0 aliphatic heterocycles. The lowest BCUT2D eigenvalue weighted by Crippen LogP contribution is -2.17. The minimum absolute atomic E-state index is 0.0543. The molecule has 2 heterocycles. The molecule has 0 aliphatic carbocycles. The fourth-order valence-corrected chi connectivity index (χ4v) is 4.87. The maximum Gasteiger partial charge on any atom is 0.251 e. The number of rotatable bonds is 6. The van der Waals surface area contributed by atoms with Crippen molar-refractivity contribution in [2.75, 3.05) is 0 Å². The predicted molar refractivity (Wildman–Crippen MR) is 146 cm³/mol. The lowest BCUT2D eigenvalue weighted by atomic mass is 9.87. The normalized spacial score (nSPS) is 12.3. The largest absolute Gasteiger partial charge is 0.491 e. The molecule has 6 heteroatoms. The Labute approximate surface area is 215 Å². The van der Waals surface area contributed by atoms with Gasteiger partial charge in [0.25, 0.3) is 5.56 Å². The number of pyridine rings is 1. The number of hydrogen-bond donors (Lipinski definition) is 0. The van der Waals surface area contributed by atoms with Gasteiger partial charge in [-0.2, -0.15) is 0 Å². The first-order valence-electron chi connectivity index (χ1n) is 11.9. The third-order valence-corrected chi connectivity index (χ3v) is 6.73. The minimum atomic E-state index is -0.0557. The van der Waals surface area contributed by atoms with Crippen LogP contribution in [0.5, 0.6) is 5.75 Å². The van der Waals surface area contributed by atoms with Crippen LogP contribution in [0.1, 0.15) is 36.6 Å². The smallest absolute Gasteiger partial charge is 0.251 e. The van der Waals surface area contributed by atoms with E-state index in [4.69, 9.17) is 16.3 Å². The molecule has 5 aromatic rings. The van der Waals surface area contributed by atoms with Gasteiger partial charge in [-0.1, -0.05) is 41.9 Å². The molecule has 0 N–H and O–H groups in total. The van der Waals surface area contributed by atoms with Gasteiger partial charge in [0.15, 0.2) is 0 Å². The number of halogens is 1. The van der Waals surface area contributed by atoms with E-state index in [0.29, 0.717) is 5.02 Å². The molecule has 5 nitrogen and oxygen atoms in total. The quantitative estimate of drug-likeness (QED) is 0.267. The van der Waals surface area contributed by atoms with Gasteiger partial charge in [-0.25, -0.2) is 4.98 Å². The Morgan fingerprint density at radius 1 is 0.917 bits per heavy atom. The molecule has 0 fully saturated rings. The van der Waals surface area contributed by atoms with Crippen LogP contribution in [0.25, 0.3) is 22.0 Å². The Morgan fingerprint density at radius 2 is 1.67 bits per heavy atom. The van der Waals surface area contributed by atoms with Crippen LogP contribution in [0, 0.1) is 0 Å². The van der Waals surface area contributed by atoms with Crippen LogP contribution < -0.4 is 10.3 Å². The maximum absolute atomic E-state index is 12.9. The summed E-state index contributed by atoms with van der Waals surface area (Å²) in [6.45, 7) is 4.00. The molecule has 36 heavy (non-hydrogen) atoms. The standard InChI is InChI=1S/C30H28ClN3O2/c1-19(2)36-24-7-5-6-21(14-24)25-16-29(35)34(4)27-13-10-22(15-26(25)27)30(28-17-32-18-33(28)3)20-8-11-23(31)12-9-20/h5-19,30H,1-4H3. The fourth-order valence-electron chi connectivity index (χ4n) is 4.74. The van der Waals surface area contributed by atoms with Gasteiger partial charge in [0.05, 0.1) is 23.9 Å². The SMILES string of the molecule is CC(C)Oc1cccc(-c2cc(=O)n(C)c3ccc(C(c4ccc(Cl)cc4)c4cncn4C)cc23)c1. The molecule has 5 rings (SSSR count). The first-order valence-corrected chi connectivity index (χ1v) is 12.3. The highest BCUT2D eigenvalue weighted by Gasteiger charge is 2.21. The van der Waals surface area contributed by atoms with E-state index in [2.05, 4.69) is 29.2 Å². The fraction of sp³-hybridized carbons (Fsp3) is 0.200. The summed E-state index contributed by atoms with van der Waals surface area (Å²) in [6, 6.07) is 23.9. The molecular formula is C30H28ClN3O2. The van der Waals surface area contributed by atoms with Crippen LogP contribution in [-0.2, 0) is 14.1 Å². The highest BCUT2D eigenvalue weighted by molar-refractivity contribution is 6.30. The minimum Gasteiger partial charge on any atom is -0.491 e. The third-order valence-electron chi connectivity index (χ3n) is 6.47. The van der Waals surface area contributed by atoms with E-state index in [-0.39, 0.29) is 17.6 Å². The van der Waals surface area contributed by atoms with Crippen molar-refractivity contribution < 1.29 is 4.74 Å². The second-order valence-corrected chi connectivity index (χ2v) is 9.78. The lowest BCUT2D eigenvalue weighted by Gasteiger charge is -2.21. The van der Waals surface area contributed by atoms with Gasteiger partial charge in [0, 0.05) is 42.5 Å². The van der Waals surface area contributed by atoms with Crippen LogP contribution in [0.15, 0.2) is 90.1 Å². The summed E-state index contributed by atoms with van der Waals surface area (Å²) in [6.07, 6.45) is 3.78. The zero-order valence-corrected chi connectivity index (χ0v) is 21.5. The number of aryl methyl sites for hydroxylation is 2. The van der Waals surface area contributed by atoms with E-state index >= 15 is 0 Å². The number of nitrogens with zero attached hydrogens (tertiary/aromatic N) is 3. The van der Waals surface area contributed by atoms with Crippen LogP contribution in [0.4, 0.5) is 0 Å². The molecule has 182 valence electrons. The lowest BCUT2D eigenvalue weighted by molar-refractivity contribution is 0.242. The van der Waals surface area contributed by atoms with Crippen molar-refractivity contribution in [2.45, 2.75) is 25.9 Å². The van der Waals surface area contributed by atoms with E-state index in [1.165, 1.54) is 0 Å². The Morgan fingerprint density at radius 3 is 2.36 bits per heavy atom. The number of imidazole rings is 1. The van der Waals surface area contributed by atoms with Gasteiger partial charge in [0.2, 0.25) is 0 Å². The molecule has 0 aliphatic rings. The van der Waals surface area contributed by atoms with Crippen molar-refractivity contribution >= 4 is 22.5 Å². The highest BCUT2D eigenvalue weighted by Crippen LogP contribution is 2.36. The average molecular weight is 498 g/mol. The Bertz CT molecular complexity index is 1600. The van der Waals surface area contributed by atoms with Gasteiger partial charge < -0.3 is 13.9 Å². The van der Waals surface area contributed by atoms with Crippen LogP contribution in [0.2, 0.25) is 5.02 Å². The first-order chi connectivity index (χ1) is 17.3. The average Bonchev–Trinajstić information content (AvgIpc) is 3.27. The van der Waals surface area contributed by atoms with Crippen LogP contribution in [0.3, 0.4) is 0 Å². The van der Waals surface area contributed by atoms with Crippen molar-refractivity contribution in [3.8, 4) is 16.9 Å². The number of aromatic nitrogens is 3. The zero-order valence-electron chi connectivity index (χ0n) is 20.8. The zero-order chi connectivity index (χ0) is 25.4. The van der Waals surface area contributed by atoms with E-state index in [1.54, 1.807) is 10.6 Å². The van der Waals surface area contributed by atoms with E-state index < -0.39 is 0 Å². The van der Waals surface area contributed by atoms with Crippen molar-refractivity contribution in [3.05, 3.63) is 118 Å². The van der Waals surface area contributed by atoms with Gasteiger partial charge >= 0.3 is 0 Å². The summed E-state index contributed by atoms with van der Waals surface area (Å²) in [5.74, 6) is 0.723. The maximum atomic E-state index is 12.9. The number of ether oxygens (including phenoxy) is 1. The highest BCUT2D eigenvalue weighted by atomic mass is 35.5. The number of fused-ring (bicyclic) bond motifs is 1. The van der Waals surface area contributed by atoms with Crippen molar-refractivity contribution in [1.82, 2.24) is 14.1 Å². The summed E-state index contributed by atoms with van der Waals surface area (Å²) in [5.41, 5.74) is 5.91. The molecule has 3 aromatic carbocycles. The molecule has 0 amide bonds. The van der Waals surface area contributed by atoms with E-state index in [9.17, 15) is 4.79 Å². The summed E-state index contributed by atoms with van der Waals surface area (Å²) >= 11 is 6.20. The second kappa shape index (κ2) is 9.67. The van der Waals surface area contributed by atoms with Gasteiger partial charge in [-0.05, 0) is 72.5 Å². The molecule has 0 radical (unpaired) electrons. The third kappa shape index (κ3) is 4.54. The predicted octanol–water partition coefficient (Wildman–Crippen LogP) is 6.56. The summed E-state index contributed by atoms with van der Waals surface area (Å²) in [7, 11) is 3.81. The summed E-state index contributed by atoms with van der Waals surface area (Å²) < 4.78 is 9.66. The molecule has 0 spiro atoms. The van der Waals surface area contributed by atoms with E-state index in [1.807, 2.05) is 87.5 Å². The Kier molecular flexibility index (Phi) is 6.42. The molecular weight excluding hydrogens is 470 g/mol. The molecule has 2 aromatic heterocycles. The van der Waals surface area contributed by atoms with Gasteiger partial charge in [0.1, 0.15) is 5.75 Å². The Hall–Kier alpha value is -3.83. The van der Waals surface area contributed by atoms with Crippen molar-refractivity contribution in [1.29, 1.82) is 0 Å². The number of benzene rings is 3. The molecule has 0 saturated carbocycles. The van der Waals surface area contributed by atoms with Crippen LogP contribution >= 0.6 is 11.6 Å². The summed E-state index contributed by atoms with van der Waals surface area (Å²) in [5, 5.41) is 1.69. The first kappa shape index (κ1) is 23.9. The molecule has 1 atom stereocenters. The Balaban J connectivity index is 1.74.